The second-order valence-corrected chi connectivity index (χ2v) is 7.17. The van der Waals surface area contributed by atoms with Gasteiger partial charge in [-0.05, 0) is 26.3 Å². The van der Waals surface area contributed by atoms with Crippen LogP contribution in [0.5, 0.6) is 0 Å². The van der Waals surface area contributed by atoms with Crippen LogP contribution < -0.4 is 21.3 Å². The normalized spacial score (nSPS) is 19.0. The number of imidazole rings is 1. The van der Waals surface area contributed by atoms with E-state index >= 15 is 0 Å². The third-order valence-corrected chi connectivity index (χ3v) is 4.90. The number of nitrogens with zero attached hydrogens (tertiary/aromatic N) is 1. The fourth-order valence-corrected chi connectivity index (χ4v) is 3.12. The molecule has 0 aromatic carbocycles. The van der Waals surface area contributed by atoms with Crippen LogP contribution in [0.4, 0.5) is 0 Å². The van der Waals surface area contributed by atoms with Crippen LogP contribution in [0.15, 0.2) is 12.5 Å². The van der Waals surface area contributed by atoms with Crippen molar-refractivity contribution in [2.45, 2.75) is 50.4 Å². The number of hydrogen-bond donors (Lipinski definition) is 7. The van der Waals surface area contributed by atoms with Crippen molar-refractivity contribution in [1.29, 1.82) is 0 Å². The highest BCUT2D eigenvalue weighted by Crippen LogP contribution is 2.07. The van der Waals surface area contributed by atoms with E-state index in [1.807, 2.05) is 0 Å². The summed E-state index contributed by atoms with van der Waals surface area (Å²) in [5, 5.41) is 19.6. The van der Waals surface area contributed by atoms with E-state index in [1.165, 1.54) is 13.3 Å². The molecule has 0 saturated carbocycles. The molecule has 0 bridgehead atoms. The molecule has 4 unspecified atom stereocenters. The van der Waals surface area contributed by atoms with E-state index in [1.54, 1.807) is 6.20 Å². The van der Waals surface area contributed by atoms with E-state index in [0.29, 0.717) is 12.1 Å². The van der Waals surface area contributed by atoms with Crippen molar-refractivity contribution in [3.63, 3.8) is 0 Å². The molecular weight excluding hydrogens is 400 g/mol. The van der Waals surface area contributed by atoms with E-state index in [4.69, 9.17) is 5.11 Å². The predicted molar refractivity (Wildman–Crippen MR) is 106 cm³/mol. The molecule has 29 heavy (non-hydrogen) atoms. The Labute approximate surface area is 173 Å². The monoisotopic (exact) mass is 426 g/mol. The summed E-state index contributed by atoms with van der Waals surface area (Å²) < 4.78 is 0. The number of carbonyl (C=O) groups excluding carboxylic acids is 3. The lowest BCUT2D eigenvalue weighted by atomic mass is 10.1. The van der Waals surface area contributed by atoms with Gasteiger partial charge in [-0.2, -0.15) is 12.6 Å². The van der Waals surface area contributed by atoms with Gasteiger partial charge in [-0.25, -0.2) is 9.78 Å². The molecule has 2 heterocycles. The molecule has 2 rings (SSSR count). The van der Waals surface area contributed by atoms with Gasteiger partial charge in [0.15, 0.2) is 0 Å². The Hall–Kier alpha value is -2.60. The maximum Gasteiger partial charge on any atom is 0.327 e. The molecule has 0 spiro atoms. The van der Waals surface area contributed by atoms with Crippen molar-refractivity contribution >= 4 is 36.3 Å². The quantitative estimate of drug-likeness (QED) is 0.217. The predicted octanol–water partition coefficient (Wildman–Crippen LogP) is -1.81. The first kappa shape index (κ1) is 22.7. The Morgan fingerprint density at radius 2 is 2.00 bits per heavy atom. The fourth-order valence-electron chi connectivity index (χ4n) is 2.87. The van der Waals surface area contributed by atoms with Gasteiger partial charge in [0, 0.05) is 24.1 Å². The van der Waals surface area contributed by atoms with Gasteiger partial charge >= 0.3 is 5.97 Å². The fraction of sp³-hybridized carbons (Fsp3) is 0.588. The lowest BCUT2D eigenvalue weighted by molar-refractivity contribution is -0.141. The average molecular weight is 426 g/mol. The number of thiol groups is 1. The summed E-state index contributed by atoms with van der Waals surface area (Å²) in [6.45, 7) is 2.17. The largest absolute Gasteiger partial charge is 0.480 e. The highest BCUT2D eigenvalue weighted by atomic mass is 32.1. The topological polar surface area (TPSA) is 165 Å². The van der Waals surface area contributed by atoms with Crippen LogP contribution in [0.2, 0.25) is 0 Å². The van der Waals surface area contributed by atoms with Crippen LogP contribution in [0, 0.1) is 0 Å². The Kier molecular flexibility index (Phi) is 8.46. The SMILES string of the molecule is CC(NC(=O)C(Cc1cnc[nH]1)NC(=O)C1CCCN1)C(=O)NC(CS)C(=O)O. The number of carbonyl (C=O) groups is 4. The minimum Gasteiger partial charge on any atom is -0.480 e. The summed E-state index contributed by atoms with van der Waals surface area (Å²) in [7, 11) is 0. The Balaban J connectivity index is 2.00. The molecule has 1 aromatic heterocycles. The van der Waals surface area contributed by atoms with Crippen LogP contribution in [-0.2, 0) is 25.6 Å². The van der Waals surface area contributed by atoms with Crippen LogP contribution >= 0.6 is 12.6 Å². The van der Waals surface area contributed by atoms with Crippen molar-refractivity contribution in [3.05, 3.63) is 18.2 Å². The molecule has 160 valence electrons. The first-order chi connectivity index (χ1) is 13.8. The smallest absolute Gasteiger partial charge is 0.327 e. The minimum atomic E-state index is -1.22. The van der Waals surface area contributed by atoms with Crippen LogP contribution in [0.1, 0.15) is 25.5 Å². The number of carboxylic acid groups (broad SMARTS) is 1. The molecule has 11 nitrogen and oxygen atoms in total. The molecule has 12 heteroatoms. The molecule has 1 aromatic rings. The Morgan fingerprint density at radius 3 is 2.55 bits per heavy atom. The standard InChI is InChI=1S/C17H26N6O5S/c1-9(14(24)23-13(7-29)17(27)28)21-16(26)12(5-10-6-18-8-20-10)22-15(25)11-3-2-4-19-11/h6,8-9,11-13,19,29H,2-5,7H2,1H3,(H,18,20)(H,21,26)(H,22,25)(H,23,24)(H,27,28). The Morgan fingerprint density at radius 1 is 1.24 bits per heavy atom. The van der Waals surface area contributed by atoms with Gasteiger partial charge in [-0.15, -0.1) is 0 Å². The summed E-state index contributed by atoms with van der Waals surface area (Å²) in [6, 6.07) is -3.46. The molecule has 1 aliphatic heterocycles. The second kappa shape index (κ2) is 10.8. The molecule has 4 atom stereocenters. The number of carboxylic acids is 1. The summed E-state index contributed by atoms with van der Waals surface area (Å²) in [5.74, 6) is -2.83. The van der Waals surface area contributed by atoms with Crippen molar-refractivity contribution in [2.75, 3.05) is 12.3 Å². The van der Waals surface area contributed by atoms with Crippen molar-refractivity contribution in [3.8, 4) is 0 Å². The van der Waals surface area contributed by atoms with E-state index in [0.717, 1.165) is 13.0 Å². The molecule has 6 N–H and O–H groups in total. The first-order valence-electron chi connectivity index (χ1n) is 9.27. The summed E-state index contributed by atoms with van der Waals surface area (Å²) >= 11 is 3.88. The minimum absolute atomic E-state index is 0.0887. The number of aliphatic carboxylic acids is 1. The number of hydrogen-bond acceptors (Lipinski definition) is 7. The average Bonchev–Trinajstić information content (AvgIpc) is 3.38. The zero-order valence-electron chi connectivity index (χ0n) is 16.0. The molecule has 3 amide bonds. The first-order valence-corrected chi connectivity index (χ1v) is 9.90. The van der Waals surface area contributed by atoms with Gasteiger partial charge in [0.1, 0.15) is 18.1 Å². The molecule has 1 fully saturated rings. The number of nitrogens with one attached hydrogen (secondary N) is 5. The van der Waals surface area contributed by atoms with Crippen molar-refractivity contribution < 1.29 is 24.3 Å². The van der Waals surface area contributed by atoms with Crippen LogP contribution in [-0.4, -0.2) is 75.2 Å². The highest BCUT2D eigenvalue weighted by molar-refractivity contribution is 7.80. The summed E-state index contributed by atoms with van der Waals surface area (Å²) in [6.07, 6.45) is 4.73. The van der Waals surface area contributed by atoms with E-state index in [-0.39, 0.29) is 24.1 Å². The van der Waals surface area contributed by atoms with Crippen LogP contribution in [0.3, 0.4) is 0 Å². The van der Waals surface area contributed by atoms with Crippen molar-refractivity contribution in [1.82, 2.24) is 31.2 Å². The second-order valence-electron chi connectivity index (χ2n) is 6.80. The molecule has 1 saturated heterocycles. The molecular formula is C17H26N6O5S. The lowest BCUT2D eigenvalue weighted by Crippen LogP contribution is -2.57. The third-order valence-electron chi connectivity index (χ3n) is 4.54. The number of aromatic nitrogens is 2. The highest BCUT2D eigenvalue weighted by Gasteiger charge is 2.30. The number of aromatic amines is 1. The maximum atomic E-state index is 12.7. The molecule has 0 aliphatic carbocycles. The molecule has 0 radical (unpaired) electrons. The number of amides is 3. The summed E-state index contributed by atoms with van der Waals surface area (Å²) in [5.41, 5.74) is 0.642. The lowest BCUT2D eigenvalue weighted by Gasteiger charge is -2.23. The maximum absolute atomic E-state index is 12.7. The molecule has 1 aliphatic rings. The van der Waals surface area contributed by atoms with Gasteiger partial charge in [0.05, 0.1) is 12.4 Å². The van der Waals surface area contributed by atoms with Crippen molar-refractivity contribution in [2.24, 2.45) is 0 Å². The number of H-pyrrole nitrogens is 1. The van der Waals surface area contributed by atoms with Gasteiger partial charge in [0.2, 0.25) is 17.7 Å². The van der Waals surface area contributed by atoms with E-state index in [9.17, 15) is 19.2 Å². The van der Waals surface area contributed by atoms with Crippen LogP contribution in [0.25, 0.3) is 0 Å². The summed E-state index contributed by atoms with van der Waals surface area (Å²) in [4.78, 5) is 55.2. The van der Waals surface area contributed by atoms with E-state index in [2.05, 4.69) is 43.9 Å². The van der Waals surface area contributed by atoms with Gasteiger partial charge in [0.25, 0.3) is 0 Å². The van der Waals surface area contributed by atoms with Gasteiger partial charge in [-0.1, -0.05) is 0 Å². The number of rotatable bonds is 10. The van der Waals surface area contributed by atoms with Gasteiger partial charge in [-0.3, -0.25) is 14.4 Å². The third kappa shape index (κ3) is 6.75. The Bertz CT molecular complexity index is 722. The van der Waals surface area contributed by atoms with E-state index < -0.39 is 35.9 Å². The zero-order valence-corrected chi connectivity index (χ0v) is 16.9. The van der Waals surface area contributed by atoms with Gasteiger partial charge < -0.3 is 31.4 Å². The zero-order chi connectivity index (χ0) is 21.4.